The van der Waals surface area contributed by atoms with Crippen LogP contribution in [0.5, 0.6) is 5.75 Å². The third kappa shape index (κ3) is 1.59. The number of ether oxygens (including phenoxy) is 1. The molecule has 0 atom stereocenters. The van der Waals surface area contributed by atoms with Crippen LogP contribution >= 0.6 is 11.6 Å². The highest BCUT2D eigenvalue weighted by Crippen LogP contribution is 2.27. The Morgan fingerprint density at radius 1 is 1.43 bits per heavy atom. The van der Waals surface area contributed by atoms with E-state index in [-0.39, 0.29) is 0 Å². The van der Waals surface area contributed by atoms with E-state index in [1.165, 1.54) is 0 Å². The first-order valence-electron chi connectivity index (χ1n) is 4.14. The van der Waals surface area contributed by atoms with Gasteiger partial charge in [0.05, 0.1) is 13.3 Å². The van der Waals surface area contributed by atoms with Crippen LogP contribution in [0.15, 0.2) is 30.5 Å². The number of benzene rings is 1. The maximum atomic E-state index is 5.91. The summed E-state index contributed by atoms with van der Waals surface area (Å²) in [6.07, 6.45) is 1.69. The molecule has 0 aliphatic heterocycles. The molecule has 0 spiro atoms. The molecule has 72 valence electrons. The van der Waals surface area contributed by atoms with Crippen molar-refractivity contribution in [3.05, 3.63) is 35.6 Å². The van der Waals surface area contributed by atoms with E-state index in [1.54, 1.807) is 13.3 Å². The Labute approximate surface area is 86.7 Å². The molecule has 0 amide bonds. The zero-order valence-corrected chi connectivity index (χ0v) is 8.38. The van der Waals surface area contributed by atoms with Gasteiger partial charge in [-0.15, -0.1) is 0 Å². The van der Waals surface area contributed by atoms with Gasteiger partial charge in [-0.3, -0.25) is 5.10 Å². The number of H-pyrrole nitrogens is 1. The molecule has 1 heterocycles. The molecule has 1 aromatic heterocycles. The molecular weight excluding hydrogens is 200 g/mol. The number of halogens is 1. The van der Waals surface area contributed by atoms with E-state index in [4.69, 9.17) is 16.3 Å². The minimum atomic E-state index is 0.540. The summed E-state index contributed by atoms with van der Waals surface area (Å²) in [5.74, 6) is 0.805. The molecule has 2 rings (SSSR count). The Kier molecular flexibility index (Phi) is 2.41. The van der Waals surface area contributed by atoms with Crippen LogP contribution in [0.1, 0.15) is 0 Å². The quantitative estimate of drug-likeness (QED) is 0.824. The number of rotatable bonds is 2. The molecule has 3 nitrogen and oxygen atoms in total. The zero-order valence-electron chi connectivity index (χ0n) is 7.62. The molecule has 0 bridgehead atoms. The lowest BCUT2D eigenvalue weighted by atomic mass is 10.1. The molecule has 0 unspecified atom stereocenters. The van der Waals surface area contributed by atoms with Crippen LogP contribution in [-0.4, -0.2) is 17.3 Å². The SMILES string of the molecule is COc1cccc(-c2cn[nH]c2Cl)c1. The van der Waals surface area contributed by atoms with Crippen LogP contribution < -0.4 is 4.74 Å². The van der Waals surface area contributed by atoms with Crippen molar-refractivity contribution in [3.63, 3.8) is 0 Å². The predicted octanol–water partition coefficient (Wildman–Crippen LogP) is 2.74. The van der Waals surface area contributed by atoms with Gasteiger partial charge in [0.2, 0.25) is 0 Å². The van der Waals surface area contributed by atoms with Gasteiger partial charge in [0, 0.05) is 5.56 Å². The van der Waals surface area contributed by atoms with Gasteiger partial charge in [-0.2, -0.15) is 5.10 Å². The van der Waals surface area contributed by atoms with Crippen molar-refractivity contribution in [1.29, 1.82) is 0 Å². The van der Waals surface area contributed by atoms with Crippen molar-refractivity contribution in [1.82, 2.24) is 10.2 Å². The van der Waals surface area contributed by atoms with E-state index >= 15 is 0 Å². The number of methoxy groups -OCH3 is 1. The summed E-state index contributed by atoms with van der Waals surface area (Å²) < 4.78 is 5.12. The van der Waals surface area contributed by atoms with E-state index in [0.29, 0.717) is 5.15 Å². The van der Waals surface area contributed by atoms with Gasteiger partial charge < -0.3 is 4.74 Å². The number of aromatic amines is 1. The molecule has 0 radical (unpaired) electrons. The first-order valence-corrected chi connectivity index (χ1v) is 4.52. The van der Waals surface area contributed by atoms with Gasteiger partial charge in [-0.05, 0) is 17.7 Å². The molecular formula is C10H9ClN2O. The highest BCUT2D eigenvalue weighted by Gasteiger charge is 2.05. The smallest absolute Gasteiger partial charge is 0.132 e. The Morgan fingerprint density at radius 2 is 2.29 bits per heavy atom. The molecule has 1 aromatic carbocycles. The van der Waals surface area contributed by atoms with Crippen molar-refractivity contribution in [2.75, 3.05) is 7.11 Å². The van der Waals surface area contributed by atoms with Crippen molar-refractivity contribution < 1.29 is 4.74 Å². The van der Waals surface area contributed by atoms with E-state index in [9.17, 15) is 0 Å². The molecule has 0 aliphatic rings. The van der Waals surface area contributed by atoms with Gasteiger partial charge in [0.25, 0.3) is 0 Å². The average Bonchev–Trinajstić information content (AvgIpc) is 2.65. The monoisotopic (exact) mass is 208 g/mol. The molecule has 0 fully saturated rings. The summed E-state index contributed by atoms with van der Waals surface area (Å²) in [6, 6.07) is 7.67. The molecule has 0 aliphatic carbocycles. The average molecular weight is 209 g/mol. The fraction of sp³-hybridized carbons (Fsp3) is 0.100. The van der Waals surface area contributed by atoms with Crippen LogP contribution in [-0.2, 0) is 0 Å². The standard InChI is InChI=1S/C10H9ClN2O/c1-14-8-4-2-3-7(5-8)9-6-12-13-10(9)11/h2-6H,1H3,(H,12,13). The van der Waals surface area contributed by atoms with Crippen LogP contribution in [0.25, 0.3) is 11.1 Å². The summed E-state index contributed by atoms with van der Waals surface area (Å²) in [7, 11) is 1.64. The largest absolute Gasteiger partial charge is 0.497 e. The maximum Gasteiger partial charge on any atom is 0.132 e. The Bertz CT molecular complexity index is 439. The van der Waals surface area contributed by atoms with Crippen LogP contribution in [0.3, 0.4) is 0 Å². The van der Waals surface area contributed by atoms with E-state index in [2.05, 4.69) is 10.2 Å². The lowest BCUT2D eigenvalue weighted by Crippen LogP contribution is -1.82. The minimum absolute atomic E-state index is 0.540. The maximum absolute atomic E-state index is 5.91. The van der Waals surface area contributed by atoms with E-state index < -0.39 is 0 Å². The number of hydrogen-bond donors (Lipinski definition) is 1. The van der Waals surface area contributed by atoms with Gasteiger partial charge in [-0.25, -0.2) is 0 Å². The second-order valence-electron chi connectivity index (χ2n) is 2.83. The summed E-state index contributed by atoms with van der Waals surface area (Å²) in [5, 5.41) is 7.08. The van der Waals surface area contributed by atoms with Crippen molar-refractivity contribution in [3.8, 4) is 16.9 Å². The second kappa shape index (κ2) is 3.72. The molecule has 14 heavy (non-hydrogen) atoms. The third-order valence-electron chi connectivity index (χ3n) is 1.97. The molecule has 0 saturated carbocycles. The van der Waals surface area contributed by atoms with Crippen LogP contribution in [0.4, 0.5) is 0 Å². The summed E-state index contributed by atoms with van der Waals surface area (Å²) in [5.41, 5.74) is 1.87. The second-order valence-corrected chi connectivity index (χ2v) is 3.21. The summed E-state index contributed by atoms with van der Waals surface area (Å²) in [4.78, 5) is 0. The normalized spacial score (nSPS) is 10.1. The zero-order chi connectivity index (χ0) is 9.97. The van der Waals surface area contributed by atoms with E-state index in [1.807, 2.05) is 24.3 Å². The fourth-order valence-electron chi connectivity index (χ4n) is 1.26. The number of aromatic nitrogens is 2. The van der Waals surface area contributed by atoms with Crippen molar-refractivity contribution in [2.45, 2.75) is 0 Å². The van der Waals surface area contributed by atoms with Crippen molar-refractivity contribution >= 4 is 11.6 Å². The lowest BCUT2D eigenvalue weighted by Gasteiger charge is -2.02. The lowest BCUT2D eigenvalue weighted by molar-refractivity contribution is 0.415. The molecule has 4 heteroatoms. The fourth-order valence-corrected chi connectivity index (χ4v) is 1.47. The van der Waals surface area contributed by atoms with Gasteiger partial charge in [0.1, 0.15) is 10.9 Å². The summed E-state index contributed by atoms with van der Waals surface area (Å²) in [6.45, 7) is 0. The first-order chi connectivity index (χ1) is 6.81. The number of nitrogens with zero attached hydrogens (tertiary/aromatic N) is 1. The third-order valence-corrected chi connectivity index (χ3v) is 2.26. The Morgan fingerprint density at radius 3 is 2.93 bits per heavy atom. The topological polar surface area (TPSA) is 37.9 Å². The number of hydrogen-bond acceptors (Lipinski definition) is 2. The Balaban J connectivity index is 2.47. The number of nitrogens with one attached hydrogen (secondary N) is 1. The molecule has 0 saturated heterocycles. The predicted molar refractivity (Wildman–Crippen MR) is 55.6 cm³/mol. The minimum Gasteiger partial charge on any atom is -0.497 e. The van der Waals surface area contributed by atoms with Gasteiger partial charge in [-0.1, -0.05) is 23.7 Å². The van der Waals surface area contributed by atoms with Crippen LogP contribution in [0.2, 0.25) is 5.15 Å². The first kappa shape index (κ1) is 9.09. The highest BCUT2D eigenvalue weighted by molar-refractivity contribution is 6.32. The Hall–Kier alpha value is -1.48. The van der Waals surface area contributed by atoms with Gasteiger partial charge in [0.15, 0.2) is 0 Å². The highest BCUT2D eigenvalue weighted by atomic mass is 35.5. The van der Waals surface area contributed by atoms with Gasteiger partial charge >= 0.3 is 0 Å². The molecule has 1 N–H and O–H groups in total. The van der Waals surface area contributed by atoms with Crippen molar-refractivity contribution in [2.24, 2.45) is 0 Å². The van der Waals surface area contributed by atoms with Crippen LogP contribution in [0, 0.1) is 0 Å². The molecule has 2 aromatic rings. The summed E-state index contributed by atoms with van der Waals surface area (Å²) >= 11 is 5.91. The van der Waals surface area contributed by atoms with E-state index in [0.717, 1.165) is 16.9 Å².